The van der Waals surface area contributed by atoms with E-state index in [9.17, 15) is 18.0 Å². The Morgan fingerprint density at radius 3 is 2.78 bits per heavy atom. The SMILES string of the molecule is CNCC(=O)N1CCC[C@H](CCc2ccccc2C(F)(F)F)C1. The quantitative estimate of drug-likeness (QED) is 0.901. The number of halogens is 3. The molecule has 0 radical (unpaired) electrons. The molecule has 0 unspecified atom stereocenters. The standard InChI is InChI=1S/C17H23F3N2O/c1-21-11-16(23)22-10-4-5-13(12-22)8-9-14-6-2-3-7-15(14)17(18,19)20/h2-3,6-7,13,21H,4-5,8-12H2,1H3/t13-/m1/s1. The predicted molar refractivity (Wildman–Crippen MR) is 83.0 cm³/mol. The van der Waals surface area contributed by atoms with Crippen LogP contribution in [0.15, 0.2) is 24.3 Å². The topological polar surface area (TPSA) is 32.3 Å². The number of aryl methyl sites for hydroxylation is 1. The van der Waals surface area contributed by atoms with Crippen LogP contribution >= 0.6 is 0 Å². The third-order valence-corrected chi connectivity index (χ3v) is 4.34. The number of benzene rings is 1. The van der Waals surface area contributed by atoms with Gasteiger partial charge in [-0.1, -0.05) is 18.2 Å². The number of amides is 1. The first-order valence-corrected chi connectivity index (χ1v) is 7.99. The molecule has 23 heavy (non-hydrogen) atoms. The van der Waals surface area contributed by atoms with Gasteiger partial charge in [0, 0.05) is 13.1 Å². The summed E-state index contributed by atoms with van der Waals surface area (Å²) in [6.45, 7) is 1.70. The lowest BCUT2D eigenvalue weighted by Gasteiger charge is -2.33. The molecular weight excluding hydrogens is 305 g/mol. The van der Waals surface area contributed by atoms with Crippen molar-refractivity contribution in [1.29, 1.82) is 0 Å². The summed E-state index contributed by atoms with van der Waals surface area (Å²) >= 11 is 0. The van der Waals surface area contributed by atoms with Crippen molar-refractivity contribution in [1.82, 2.24) is 10.2 Å². The van der Waals surface area contributed by atoms with E-state index in [1.165, 1.54) is 6.07 Å². The summed E-state index contributed by atoms with van der Waals surface area (Å²) in [5.41, 5.74) is -0.197. The number of nitrogens with zero attached hydrogens (tertiary/aromatic N) is 1. The van der Waals surface area contributed by atoms with Gasteiger partial charge in [-0.15, -0.1) is 0 Å². The van der Waals surface area contributed by atoms with Gasteiger partial charge in [0.25, 0.3) is 0 Å². The zero-order chi connectivity index (χ0) is 16.9. The van der Waals surface area contributed by atoms with Crippen molar-refractivity contribution < 1.29 is 18.0 Å². The van der Waals surface area contributed by atoms with E-state index in [2.05, 4.69) is 5.32 Å². The molecule has 1 aromatic rings. The molecule has 0 aliphatic carbocycles. The van der Waals surface area contributed by atoms with Crippen molar-refractivity contribution in [2.24, 2.45) is 5.92 Å². The van der Waals surface area contributed by atoms with Gasteiger partial charge in [-0.05, 0) is 50.3 Å². The van der Waals surface area contributed by atoms with Gasteiger partial charge in [-0.3, -0.25) is 4.79 Å². The van der Waals surface area contributed by atoms with E-state index >= 15 is 0 Å². The second kappa shape index (κ2) is 7.81. The molecule has 1 aromatic carbocycles. The Kier molecular flexibility index (Phi) is 6.04. The lowest BCUT2D eigenvalue weighted by molar-refractivity contribution is -0.138. The first kappa shape index (κ1) is 17.8. The summed E-state index contributed by atoms with van der Waals surface area (Å²) in [6.07, 6.45) is -1.35. The van der Waals surface area contributed by atoms with Gasteiger partial charge in [-0.25, -0.2) is 0 Å². The minimum atomic E-state index is -4.31. The maximum atomic E-state index is 13.0. The van der Waals surface area contributed by atoms with Gasteiger partial charge in [0.1, 0.15) is 0 Å². The molecule has 0 aromatic heterocycles. The summed E-state index contributed by atoms with van der Waals surface area (Å²) in [4.78, 5) is 13.7. The van der Waals surface area contributed by atoms with Gasteiger partial charge >= 0.3 is 6.18 Å². The monoisotopic (exact) mass is 328 g/mol. The fourth-order valence-electron chi connectivity index (χ4n) is 3.16. The second-order valence-electron chi connectivity index (χ2n) is 6.07. The Bertz CT molecular complexity index is 531. The number of carbonyl (C=O) groups excluding carboxylic acids is 1. The third kappa shape index (κ3) is 4.96. The molecule has 0 saturated carbocycles. The average Bonchev–Trinajstić information content (AvgIpc) is 2.53. The molecule has 1 N–H and O–H groups in total. The molecule has 1 fully saturated rings. The first-order valence-electron chi connectivity index (χ1n) is 7.99. The number of hydrogen-bond donors (Lipinski definition) is 1. The summed E-state index contributed by atoms with van der Waals surface area (Å²) in [7, 11) is 1.73. The molecule has 128 valence electrons. The van der Waals surface area contributed by atoms with Crippen LogP contribution < -0.4 is 5.32 Å². The van der Waals surface area contributed by atoms with Crippen LogP contribution in [0.3, 0.4) is 0 Å². The van der Waals surface area contributed by atoms with Gasteiger partial charge in [0.05, 0.1) is 12.1 Å². The molecular formula is C17H23F3N2O. The Labute approximate surface area is 134 Å². The van der Waals surface area contributed by atoms with Crippen molar-refractivity contribution >= 4 is 5.91 Å². The van der Waals surface area contributed by atoms with Gasteiger partial charge < -0.3 is 10.2 Å². The normalized spacial score (nSPS) is 19.0. The van der Waals surface area contributed by atoms with Crippen LogP contribution in [0, 0.1) is 5.92 Å². The number of piperidine rings is 1. The number of hydrogen-bond acceptors (Lipinski definition) is 2. The summed E-state index contributed by atoms with van der Waals surface area (Å²) < 4.78 is 39.0. The van der Waals surface area contributed by atoms with Crippen molar-refractivity contribution in [3.63, 3.8) is 0 Å². The van der Waals surface area contributed by atoms with Crippen LogP contribution in [0.4, 0.5) is 13.2 Å². The summed E-state index contributed by atoms with van der Waals surface area (Å²) in [6, 6.07) is 5.76. The van der Waals surface area contributed by atoms with E-state index in [0.29, 0.717) is 31.5 Å². The van der Waals surface area contributed by atoms with Crippen LogP contribution in [-0.4, -0.2) is 37.5 Å². The summed E-state index contributed by atoms with van der Waals surface area (Å²) in [5, 5.41) is 2.85. The molecule has 1 atom stereocenters. The predicted octanol–water partition coefficient (Wildman–Crippen LogP) is 3.10. The number of likely N-dealkylation sites (tertiary alicyclic amines) is 1. The lowest BCUT2D eigenvalue weighted by atomic mass is 9.90. The van der Waals surface area contributed by atoms with Crippen LogP contribution in [0.1, 0.15) is 30.4 Å². The molecule has 6 heteroatoms. The molecule has 1 aliphatic heterocycles. The molecule has 2 rings (SSSR count). The minimum Gasteiger partial charge on any atom is -0.341 e. The van der Waals surface area contributed by atoms with Gasteiger partial charge in [0.15, 0.2) is 0 Å². The van der Waals surface area contributed by atoms with Crippen LogP contribution in [0.25, 0.3) is 0 Å². The highest BCUT2D eigenvalue weighted by Crippen LogP contribution is 2.33. The fraction of sp³-hybridized carbons (Fsp3) is 0.588. The number of nitrogens with one attached hydrogen (secondary N) is 1. The molecule has 0 bridgehead atoms. The van der Waals surface area contributed by atoms with E-state index in [1.54, 1.807) is 19.2 Å². The molecule has 1 heterocycles. The van der Waals surface area contributed by atoms with Crippen molar-refractivity contribution in [2.75, 3.05) is 26.7 Å². The highest BCUT2D eigenvalue weighted by Gasteiger charge is 2.33. The Morgan fingerprint density at radius 1 is 1.35 bits per heavy atom. The molecule has 1 saturated heterocycles. The Hall–Kier alpha value is -1.56. The van der Waals surface area contributed by atoms with E-state index < -0.39 is 11.7 Å². The lowest BCUT2D eigenvalue weighted by Crippen LogP contribution is -2.43. The molecule has 1 aliphatic rings. The number of carbonyl (C=O) groups is 1. The van der Waals surface area contributed by atoms with Crippen LogP contribution in [0.2, 0.25) is 0 Å². The van der Waals surface area contributed by atoms with Crippen molar-refractivity contribution in [3.8, 4) is 0 Å². The molecule has 0 spiro atoms. The van der Waals surface area contributed by atoms with E-state index in [4.69, 9.17) is 0 Å². The maximum Gasteiger partial charge on any atom is 0.416 e. The van der Waals surface area contributed by atoms with Gasteiger partial charge in [0.2, 0.25) is 5.91 Å². The second-order valence-corrected chi connectivity index (χ2v) is 6.07. The van der Waals surface area contributed by atoms with E-state index in [1.807, 2.05) is 4.90 Å². The Morgan fingerprint density at radius 2 is 2.09 bits per heavy atom. The number of alkyl halides is 3. The third-order valence-electron chi connectivity index (χ3n) is 4.34. The maximum absolute atomic E-state index is 13.0. The smallest absolute Gasteiger partial charge is 0.341 e. The largest absolute Gasteiger partial charge is 0.416 e. The van der Waals surface area contributed by atoms with Crippen LogP contribution in [-0.2, 0) is 17.4 Å². The van der Waals surface area contributed by atoms with Crippen molar-refractivity contribution in [3.05, 3.63) is 35.4 Å². The fourth-order valence-corrected chi connectivity index (χ4v) is 3.16. The number of rotatable bonds is 5. The molecule has 3 nitrogen and oxygen atoms in total. The Balaban J connectivity index is 1.95. The van der Waals surface area contributed by atoms with Crippen LogP contribution in [0.5, 0.6) is 0 Å². The minimum absolute atomic E-state index is 0.0629. The van der Waals surface area contributed by atoms with Gasteiger partial charge in [-0.2, -0.15) is 13.2 Å². The molecule has 1 amide bonds. The zero-order valence-corrected chi connectivity index (χ0v) is 13.3. The van der Waals surface area contributed by atoms with Crippen molar-refractivity contribution in [2.45, 2.75) is 31.9 Å². The average molecular weight is 328 g/mol. The van der Waals surface area contributed by atoms with E-state index in [0.717, 1.165) is 25.5 Å². The summed E-state index contributed by atoms with van der Waals surface area (Å²) in [5.74, 6) is 0.332. The van der Waals surface area contributed by atoms with E-state index in [-0.39, 0.29) is 11.8 Å². The highest BCUT2D eigenvalue weighted by atomic mass is 19.4. The number of likely N-dealkylation sites (N-methyl/N-ethyl adjacent to an activating group) is 1. The zero-order valence-electron chi connectivity index (χ0n) is 13.3. The highest BCUT2D eigenvalue weighted by molar-refractivity contribution is 5.78. The first-order chi connectivity index (χ1) is 10.9.